The molecule has 4 rings (SSSR count). The fourth-order valence-corrected chi connectivity index (χ4v) is 4.56. The molecule has 0 atom stereocenters. The van der Waals surface area contributed by atoms with Crippen molar-refractivity contribution < 1.29 is 19.0 Å². The highest BCUT2D eigenvalue weighted by atomic mass is 35.5. The van der Waals surface area contributed by atoms with Crippen LogP contribution in [0.25, 0.3) is 11.1 Å². The monoisotopic (exact) mass is 469 g/mol. The molecule has 0 saturated carbocycles. The fourth-order valence-electron chi connectivity index (χ4n) is 3.86. The molecule has 1 aliphatic rings. The Labute approximate surface area is 195 Å². The van der Waals surface area contributed by atoms with Crippen LogP contribution < -0.4 is 4.74 Å². The van der Waals surface area contributed by atoms with Gasteiger partial charge in [0, 0.05) is 15.5 Å². The second-order valence-corrected chi connectivity index (χ2v) is 8.70. The van der Waals surface area contributed by atoms with E-state index in [4.69, 9.17) is 16.3 Å². The van der Waals surface area contributed by atoms with Gasteiger partial charge >= 0.3 is 5.97 Å². The summed E-state index contributed by atoms with van der Waals surface area (Å²) in [6.45, 7) is 0.293. The summed E-state index contributed by atoms with van der Waals surface area (Å²) in [5.41, 5.74) is 4.52. The van der Waals surface area contributed by atoms with Crippen LogP contribution in [-0.4, -0.2) is 22.3 Å². The molecule has 1 aromatic heterocycles. The number of allylic oxidation sites excluding steroid dienone is 2. The van der Waals surface area contributed by atoms with Crippen molar-refractivity contribution in [2.24, 2.45) is 0 Å². The molecule has 0 saturated heterocycles. The van der Waals surface area contributed by atoms with E-state index in [-0.39, 0.29) is 11.5 Å². The second-order valence-electron chi connectivity index (χ2n) is 7.42. The summed E-state index contributed by atoms with van der Waals surface area (Å²) in [4.78, 5) is 16.8. The standard InChI is InChI=1S/C25H21ClFNO3S/c1-32-23-12-10-21(28-24(23)25(29)30)19-4-2-3-18(19)20-13-16(26)7-11-22(20)31-14-15-5-8-17(27)9-6-15/h5-13H,2-4,14H2,1H3,(H,29,30). The molecule has 0 radical (unpaired) electrons. The highest BCUT2D eigenvalue weighted by Gasteiger charge is 2.23. The summed E-state index contributed by atoms with van der Waals surface area (Å²) < 4.78 is 19.3. The van der Waals surface area contributed by atoms with E-state index in [0.29, 0.717) is 28.0 Å². The quantitative estimate of drug-likeness (QED) is 0.379. The number of halogens is 2. The number of hydrogen-bond acceptors (Lipinski definition) is 4. The van der Waals surface area contributed by atoms with Gasteiger partial charge in [-0.3, -0.25) is 0 Å². The summed E-state index contributed by atoms with van der Waals surface area (Å²) in [7, 11) is 0. The lowest BCUT2D eigenvalue weighted by Gasteiger charge is -2.15. The summed E-state index contributed by atoms with van der Waals surface area (Å²) in [5, 5.41) is 10.2. The van der Waals surface area contributed by atoms with Crippen molar-refractivity contribution in [3.05, 3.63) is 88.0 Å². The van der Waals surface area contributed by atoms with E-state index in [0.717, 1.165) is 41.5 Å². The Kier molecular flexibility index (Phi) is 6.82. The Morgan fingerprint density at radius 1 is 1.12 bits per heavy atom. The van der Waals surface area contributed by atoms with Crippen molar-refractivity contribution in [3.63, 3.8) is 0 Å². The number of rotatable bonds is 7. The Hall–Kier alpha value is -2.83. The number of pyridine rings is 1. The molecule has 0 amide bonds. The third kappa shape index (κ3) is 4.81. The van der Waals surface area contributed by atoms with E-state index in [1.807, 2.05) is 30.5 Å². The van der Waals surface area contributed by atoms with E-state index in [1.165, 1.54) is 23.9 Å². The first-order valence-electron chi connectivity index (χ1n) is 10.1. The van der Waals surface area contributed by atoms with Gasteiger partial charge in [-0.25, -0.2) is 14.2 Å². The van der Waals surface area contributed by atoms with Crippen LogP contribution in [0.2, 0.25) is 5.02 Å². The molecule has 7 heteroatoms. The highest BCUT2D eigenvalue weighted by Crippen LogP contribution is 2.43. The lowest BCUT2D eigenvalue weighted by molar-refractivity contribution is 0.0686. The molecular formula is C25H21ClFNO3S. The molecule has 0 aliphatic heterocycles. The molecule has 0 unspecified atom stereocenters. The van der Waals surface area contributed by atoms with Gasteiger partial charge in [-0.2, -0.15) is 0 Å². The first-order valence-corrected chi connectivity index (χ1v) is 11.7. The maximum atomic E-state index is 13.2. The van der Waals surface area contributed by atoms with Crippen LogP contribution in [0.4, 0.5) is 4.39 Å². The van der Waals surface area contributed by atoms with Crippen molar-refractivity contribution in [2.75, 3.05) is 6.26 Å². The number of benzene rings is 2. The van der Waals surface area contributed by atoms with E-state index >= 15 is 0 Å². The molecule has 164 valence electrons. The second kappa shape index (κ2) is 9.76. The number of hydrogen-bond donors (Lipinski definition) is 1. The van der Waals surface area contributed by atoms with E-state index in [1.54, 1.807) is 18.2 Å². The van der Waals surface area contributed by atoms with Gasteiger partial charge in [-0.1, -0.05) is 23.7 Å². The smallest absolute Gasteiger partial charge is 0.355 e. The largest absolute Gasteiger partial charge is 0.488 e. The van der Waals surface area contributed by atoms with Gasteiger partial charge in [0.15, 0.2) is 5.69 Å². The van der Waals surface area contributed by atoms with E-state index in [2.05, 4.69) is 4.98 Å². The minimum Gasteiger partial charge on any atom is -0.488 e. The third-order valence-corrected chi connectivity index (χ3v) is 6.39. The Balaban J connectivity index is 1.72. The number of nitrogens with zero attached hydrogens (tertiary/aromatic N) is 1. The molecule has 4 nitrogen and oxygen atoms in total. The van der Waals surface area contributed by atoms with Crippen LogP contribution in [0.15, 0.2) is 59.5 Å². The highest BCUT2D eigenvalue weighted by molar-refractivity contribution is 7.98. The predicted molar refractivity (Wildman–Crippen MR) is 126 cm³/mol. The summed E-state index contributed by atoms with van der Waals surface area (Å²) in [5.74, 6) is -0.655. The normalized spacial score (nSPS) is 13.5. The van der Waals surface area contributed by atoms with Gasteiger partial charge in [0.25, 0.3) is 0 Å². The molecule has 0 fully saturated rings. The number of aromatic nitrogens is 1. The van der Waals surface area contributed by atoms with Gasteiger partial charge in [0.1, 0.15) is 18.2 Å². The van der Waals surface area contributed by atoms with Crippen LogP contribution in [-0.2, 0) is 6.61 Å². The number of ether oxygens (including phenoxy) is 1. The maximum absolute atomic E-state index is 13.2. The van der Waals surface area contributed by atoms with E-state index in [9.17, 15) is 14.3 Å². The number of carboxylic acids is 1. The van der Waals surface area contributed by atoms with Crippen molar-refractivity contribution in [2.45, 2.75) is 30.8 Å². The number of aromatic carboxylic acids is 1. The molecule has 0 spiro atoms. The van der Waals surface area contributed by atoms with Gasteiger partial charge < -0.3 is 9.84 Å². The average molecular weight is 470 g/mol. The average Bonchev–Trinajstić information content (AvgIpc) is 3.28. The molecule has 3 aromatic rings. The zero-order chi connectivity index (χ0) is 22.7. The summed E-state index contributed by atoms with van der Waals surface area (Å²) in [6.07, 6.45) is 4.38. The van der Waals surface area contributed by atoms with Crippen LogP contribution in [0, 0.1) is 5.82 Å². The van der Waals surface area contributed by atoms with Gasteiger partial charge in [0.05, 0.1) is 5.69 Å². The van der Waals surface area contributed by atoms with Crippen LogP contribution in [0.5, 0.6) is 5.75 Å². The van der Waals surface area contributed by atoms with Crippen molar-refractivity contribution in [1.82, 2.24) is 4.98 Å². The number of thioether (sulfide) groups is 1. The number of carbonyl (C=O) groups is 1. The van der Waals surface area contributed by atoms with Gasteiger partial charge in [0.2, 0.25) is 0 Å². The Morgan fingerprint density at radius 2 is 1.88 bits per heavy atom. The molecule has 1 N–H and O–H groups in total. The summed E-state index contributed by atoms with van der Waals surface area (Å²) in [6, 6.07) is 15.4. The zero-order valence-electron chi connectivity index (χ0n) is 17.4. The van der Waals surface area contributed by atoms with Gasteiger partial charge in [-0.15, -0.1) is 11.8 Å². The van der Waals surface area contributed by atoms with Gasteiger partial charge in [-0.05, 0) is 84.7 Å². The Bertz CT molecular complexity index is 1190. The minimum atomic E-state index is -1.04. The Morgan fingerprint density at radius 3 is 2.59 bits per heavy atom. The van der Waals surface area contributed by atoms with Crippen molar-refractivity contribution in [1.29, 1.82) is 0 Å². The van der Waals surface area contributed by atoms with Crippen molar-refractivity contribution in [3.8, 4) is 5.75 Å². The lowest BCUT2D eigenvalue weighted by Crippen LogP contribution is -2.05. The molecule has 0 bridgehead atoms. The topological polar surface area (TPSA) is 59.4 Å². The predicted octanol–water partition coefficient (Wildman–Crippen LogP) is 6.97. The molecule has 1 heterocycles. The molecule has 2 aromatic carbocycles. The van der Waals surface area contributed by atoms with Crippen molar-refractivity contribution >= 4 is 40.5 Å². The maximum Gasteiger partial charge on any atom is 0.355 e. The lowest BCUT2D eigenvalue weighted by atomic mass is 9.98. The van der Waals surface area contributed by atoms with Crippen LogP contribution in [0.1, 0.15) is 46.6 Å². The molecule has 32 heavy (non-hydrogen) atoms. The zero-order valence-corrected chi connectivity index (χ0v) is 19.0. The third-order valence-electron chi connectivity index (χ3n) is 5.38. The molecular weight excluding hydrogens is 449 g/mol. The molecule has 1 aliphatic carbocycles. The first-order chi connectivity index (χ1) is 15.5. The van der Waals surface area contributed by atoms with Crippen LogP contribution >= 0.6 is 23.4 Å². The SMILES string of the molecule is CSc1ccc(C2=C(c3cc(Cl)ccc3OCc3ccc(F)cc3)CCC2)nc1C(=O)O. The fraction of sp³-hybridized carbons (Fsp3) is 0.200. The number of carboxylic acid groups (broad SMARTS) is 1. The summed E-state index contributed by atoms with van der Waals surface area (Å²) >= 11 is 7.68. The minimum absolute atomic E-state index is 0.0626. The van der Waals surface area contributed by atoms with Crippen LogP contribution in [0.3, 0.4) is 0 Å². The first kappa shape index (κ1) is 22.4. The van der Waals surface area contributed by atoms with E-state index < -0.39 is 5.97 Å².